The van der Waals surface area contributed by atoms with Gasteiger partial charge in [-0.05, 0) is 33.4 Å². The quantitative estimate of drug-likeness (QED) is 0.825. The Hall–Kier alpha value is -1.44. The predicted octanol–water partition coefficient (Wildman–Crippen LogP) is 2.91. The summed E-state index contributed by atoms with van der Waals surface area (Å²) < 4.78 is 0.628. The second-order valence-corrected chi connectivity index (χ2v) is 5.66. The molecule has 0 radical (unpaired) electrons. The number of carbonyl (C=O) groups is 2. The van der Waals surface area contributed by atoms with Crippen LogP contribution in [0.2, 0.25) is 5.15 Å². The van der Waals surface area contributed by atoms with Crippen molar-refractivity contribution in [2.75, 3.05) is 5.32 Å². The van der Waals surface area contributed by atoms with E-state index in [0.717, 1.165) is 0 Å². The van der Waals surface area contributed by atoms with E-state index in [9.17, 15) is 9.59 Å². The zero-order chi connectivity index (χ0) is 14.0. The summed E-state index contributed by atoms with van der Waals surface area (Å²) in [5.74, 6) is -1.06. The van der Waals surface area contributed by atoms with Crippen LogP contribution in [0.5, 0.6) is 0 Å². The van der Waals surface area contributed by atoms with E-state index in [1.165, 1.54) is 17.5 Å². The number of nitrogens with one attached hydrogen (secondary N) is 1. The van der Waals surface area contributed by atoms with Crippen molar-refractivity contribution in [3.63, 3.8) is 0 Å². The van der Waals surface area contributed by atoms with Crippen LogP contribution in [0, 0.1) is 0 Å². The highest BCUT2D eigenvalue weighted by Gasteiger charge is 2.16. The smallest absolute Gasteiger partial charge is 0.259 e. The van der Waals surface area contributed by atoms with Crippen molar-refractivity contribution in [3.05, 3.63) is 44.5 Å². The summed E-state index contributed by atoms with van der Waals surface area (Å²) in [6.45, 7) is 0. The zero-order valence-corrected chi connectivity index (χ0v) is 12.5. The number of pyridine rings is 1. The van der Waals surface area contributed by atoms with E-state index in [0.29, 0.717) is 9.47 Å². The number of primary amides is 1. The molecule has 0 aliphatic heterocycles. The highest BCUT2D eigenvalue weighted by atomic mass is 79.9. The van der Waals surface area contributed by atoms with E-state index in [1.807, 2.05) is 0 Å². The van der Waals surface area contributed by atoms with Gasteiger partial charge in [-0.25, -0.2) is 4.98 Å². The standard InChI is InChI=1S/C11H7BrClN3O2S/c12-5-3-7(8(13)15-4-5)10(18)16-11-6(9(14)17)1-2-19-11/h1-4H,(H2,14,17)(H,16,18). The first-order chi connectivity index (χ1) is 8.99. The highest BCUT2D eigenvalue weighted by molar-refractivity contribution is 9.10. The van der Waals surface area contributed by atoms with Crippen molar-refractivity contribution in [3.8, 4) is 0 Å². The summed E-state index contributed by atoms with van der Waals surface area (Å²) in [6.07, 6.45) is 1.49. The molecule has 2 heterocycles. The van der Waals surface area contributed by atoms with Crippen LogP contribution in [-0.2, 0) is 0 Å². The van der Waals surface area contributed by atoms with Crippen LogP contribution >= 0.6 is 38.9 Å². The number of amides is 2. The van der Waals surface area contributed by atoms with Gasteiger partial charge < -0.3 is 11.1 Å². The van der Waals surface area contributed by atoms with Crippen LogP contribution in [-0.4, -0.2) is 16.8 Å². The van der Waals surface area contributed by atoms with Crippen LogP contribution in [0.4, 0.5) is 5.00 Å². The molecule has 19 heavy (non-hydrogen) atoms. The van der Waals surface area contributed by atoms with Crippen molar-refractivity contribution in [2.45, 2.75) is 0 Å². The largest absolute Gasteiger partial charge is 0.366 e. The second kappa shape index (κ2) is 5.68. The maximum absolute atomic E-state index is 12.1. The van der Waals surface area contributed by atoms with E-state index in [1.54, 1.807) is 17.5 Å². The fourth-order valence-electron chi connectivity index (χ4n) is 1.35. The third kappa shape index (κ3) is 3.12. The number of thiophene rings is 1. The molecule has 3 N–H and O–H groups in total. The minimum atomic E-state index is -0.602. The summed E-state index contributed by atoms with van der Waals surface area (Å²) >= 11 is 10.3. The van der Waals surface area contributed by atoms with E-state index >= 15 is 0 Å². The van der Waals surface area contributed by atoms with Gasteiger partial charge in [0.25, 0.3) is 11.8 Å². The van der Waals surface area contributed by atoms with Crippen molar-refractivity contribution in [1.82, 2.24) is 4.98 Å². The Morgan fingerprint density at radius 1 is 1.42 bits per heavy atom. The van der Waals surface area contributed by atoms with Crippen molar-refractivity contribution in [1.29, 1.82) is 0 Å². The minimum absolute atomic E-state index is 0.0814. The first kappa shape index (κ1) is 14.0. The fourth-order valence-corrected chi connectivity index (χ4v) is 2.66. The normalized spacial score (nSPS) is 10.2. The van der Waals surface area contributed by atoms with Gasteiger partial charge in [0, 0.05) is 10.7 Å². The van der Waals surface area contributed by atoms with Crippen LogP contribution in [0.3, 0.4) is 0 Å². The number of anilines is 1. The van der Waals surface area contributed by atoms with Gasteiger partial charge in [0.15, 0.2) is 0 Å². The van der Waals surface area contributed by atoms with E-state index in [2.05, 4.69) is 26.2 Å². The average molecular weight is 361 g/mol. The number of carbonyl (C=O) groups excluding carboxylic acids is 2. The lowest BCUT2D eigenvalue weighted by molar-refractivity contribution is 0.100. The number of hydrogen-bond acceptors (Lipinski definition) is 4. The van der Waals surface area contributed by atoms with Crippen molar-refractivity contribution in [2.24, 2.45) is 5.73 Å². The molecular weight excluding hydrogens is 354 g/mol. The average Bonchev–Trinajstić information content (AvgIpc) is 2.80. The Kier molecular flexibility index (Phi) is 4.18. The lowest BCUT2D eigenvalue weighted by Gasteiger charge is -2.06. The fraction of sp³-hybridized carbons (Fsp3) is 0. The van der Waals surface area contributed by atoms with Crippen LogP contribution in [0.1, 0.15) is 20.7 Å². The molecule has 98 valence electrons. The molecule has 2 aromatic heterocycles. The molecule has 0 bridgehead atoms. The molecule has 0 aliphatic rings. The van der Waals surface area contributed by atoms with Gasteiger partial charge in [-0.1, -0.05) is 11.6 Å². The number of nitrogens with two attached hydrogens (primary N) is 1. The maximum atomic E-state index is 12.1. The number of halogens is 2. The minimum Gasteiger partial charge on any atom is -0.366 e. The Morgan fingerprint density at radius 3 is 2.84 bits per heavy atom. The van der Waals surface area contributed by atoms with Crippen molar-refractivity contribution >= 4 is 55.7 Å². The van der Waals surface area contributed by atoms with E-state index < -0.39 is 11.8 Å². The van der Waals surface area contributed by atoms with Gasteiger partial charge in [0.05, 0.1) is 11.1 Å². The molecule has 0 fully saturated rings. The second-order valence-electron chi connectivity index (χ2n) is 3.47. The molecule has 0 aromatic carbocycles. The number of rotatable bonds is 3. The molecule has 0 saturated heterocycles. The summed E-state index contributed by atoms with van der Waals surface area (Å²) in [5, 5.41) is 4.72. The Morgan fingerprint density at radius 2 is 2.16 bits per heavy atom. The third-order valence-corrected chi connectivity index (χ3v) is 3.77. The molecule has 0 unspecified atom stereocenters. The molecule has 0 aliphatic carbocycles. The molecular formula is C11H7BrClN3O2S. The monoisotopic (exact) mass is 359 g/mol. The molecule has 0 spiro atoms. The summed E-state index contributed by atoms with van der Waals surface area (Å²) in [5.41, 5.74) is 5.67. The lowest BCUT2D eigenvalue weighted by atomic mass is 10.2. The van der Waals surface area contributed by atoms with E-state index in [4.69, 9.17) is 17.3 Å². The maximum Gasteiger partial charge on any atom is 0.259 e. The molecule has 2 amide bonds. The van der Waals surface area contributed by atoms with E-state index in [-0.39, 0.29) is 16.3 Å². The molecule has 2 rings (SSSR count). The topological polar surface area (TPSA) is 85.1 Å². The molecule has 2 aromatic rings. The highest BCUT2D eigenvalue weighted by Crippen LogP contribution is 2.25. The Bertz CT molecular complexity index is 659. The first-order valence-electron chi connectivity index (χ1n) is 4.98. The summed E-state index contributed by atoms with van der Waals surface area (Å²) in [4.78, 5) is 27.1. The molecule has 5 nitrogen and oxygen atoms in total. The van der Waals surface area contributed by atoms with Gasteiger partial charge in [0.1, 0.15) is 10.2 Å². The van der Waals surface area contributed by atoms with Crippen molar-refractivity contribution < 1.29 is 9.59 Å². The first-order valence-corrected chi connectivity index (χ1v) is 7.04. The number of aromatic nitrogens is 1. The van der Waals surface area contributed by atoms with Gasteiger partial charge in [-0.2, -0.15) is 0 Å². The lowest BCUT2D eigenvalue weighted by Crippen LogP contribution is -2.17. The van der Waals surface area contributed by atoms with Crippen LogP contribution in [0.15, 0.2) is 28.2 Å². The molecule has 8 heteroatoms. The number of nitrogens with zero attached hydrogens (tertiary/aromatic N) is 1. The number of hydrogen-bond donors (Lipinski definition) is 2. The van der Waals surface area contributed by atoms with Gasteiger partial charge >= 0.3 is 0 Å². The Balaban J connectivity index is 2.28. The third-order valence-electron chi connectivity index (χ3n) is 2.21. The SMILES string of the molecule is NC(=O)c1ccsc1NC(=O)c1cc(Br)cnc1Cl. The van der Waals surface area contributed by atoms with Crippen LogP contribution < -0.4 is 11.1 Å². The zero-order valence-electron chi connectivity index (χ0n) is 9.31. The van der Waals surface area contributed by atoms with Gasteiger partial charge in [-0.3, -0.25) is 9.59 Å². The summed E-state index contributed by atoms with van der Waals surface area (Å²) in [6, 6.07) is 3.09. The Labute approximate surface area is 125 Å². The predicted molar refractivity (Wildman–Crippen MR) is 77.7 cm³/mol. The molecule has 0 saturated carbocycles. The van der Waals surface area contributed by atoms with Crippen LogP contribution in [0.25, 0.3) is 0 Å². The molecule has 0 atom stereocenters. The van der Waals surface area contributed by atoms with Gasteiger partial charge in [0.2, 0.25) is 0 Å². The summed E-state index contributed by atoms with van der Waals surface area (Å²) in [7, 11) is 0. The van der Waals surface area contributed by atoms with Gasteiger partial charge in [-0.15, -0.1) is 11.3 Å².